The molecule has 1 heterocycles. The van der Waals surface area contributed by atoms with Crippen molar-refractivity contribution in [2.75, 3.05) is 7.05 Å². The van der Waals surface area contributed by atoms with Crippen molar-refractivity contribution in [1.82, 2.24) is 20.1 Å². The Morgan fingerprint density at radius 1 is 1.40 bits per heavy atom. The van der Waals surface area contributed by atoms with Gasteiger partial charge in [-0.25, -0.2) is 4.98 Å². The second-order valence-corrected chi connectivity index (χ2v) is 5.36. The molecule has 0 saturated carbocycles. The number of hydrogen-bond donors (Lipinski definition) is 1. The molecular weight excluding hydrogens is 272 g/mol. The summed E-state index contributed by atoms with van der Waals surface area (Å²) in [5.74, 6) is 1.00. The fraction of sp³-hybridized carbons (Fsp3) is 0.467. The van der Waals surface area contributed by atoms with E-state index in [1.807, 2.05) is 24.7 Å². The minimum atomic E-state index is 0.188. The number of rotatable bonds is 6. The molecule has 1 N–H and O–H groups in total. The van der Waals surface area contributed by atoms with Gasteiger partial charge in [-0.2, -0.15) is 5.10 Å². The molecule has 0 radical (unpaired) electrons. The van der Waals surface area contributed by atoms with Gasteiger partial charge in [0, 0.05) is 24.0 Å². The van der Waals surface area contributed by atoms with E-state index in [0.29, 0.717) is 0 Å². The van der Waals surface area contributed by atoms with Gasteiger partial charge in [0.1, 0.15) is 12.2 Å². The van der Waals surface area contributed by atoms with Crippen molar-refractivity contribution in [2.45, 2.75) is 39.3 Å². The Balaban J connectivity index is 2.19. The van der Waals surface area contributed by atoms with E-state index < -0.39 is 0 Å². The van der Waals surface area contributed by atoms with Crippen LogP contribution in [-0.4, -0.2) is 21.8 Å². The molecule has 1 unspecified atom stereocenters. The number of aryl methyl sites for hydroxylation is 2. The van der Waals surface area contributed by atoms with Crippen LogP contribution >= 0.6 is 11.6 Å². The average molecular weight is 293 g/mol. The minimum Gasteiger partial charge on any atom is -0.313 e. The lowest BCUT2D eigenvalue weighted by atomic mass is 10.0. The van der Waals surface area contributed by atoms with Gasteiger partial charge in [0.15, 0.2) is 0 Å². The highest BCUT2D eigenvalue weighted by Gasteiger charge is 2.15. The quantitative estimate of drug-likeness (QED) is 0.889. The summed E-state index contributed by atoms with van der Waals surface area (Å²) in [6.07, 6.45) is 3.48. The molecule has 1 aromatic carbocycles. The van der Waals surface area contributed by atoms with Gasteiger partial charge < -0.3 is 5.32 Å². The van der Waals surface area contributed by atoms with Crippen LogP contribution in [0.15, 0.2) is 24.5 Å². The summed E-state index contributed by atoms with van der Waals surface area (Å²) in [4.78, 5) is 4.37. The van der Waals surface area contributed by atoms with Crippen molar-refractivity contribution in [2.24, 2.45) is 0 Å². The van der Waals surface area contributed by atoms with E-state index in [4.69, 9.17) is 11.6 Å². The van der Waals surface area contributed by atoms with Crippen molar-refractivity contribution < 1.29 is 0 Å². The third kappa shape index (κ3) is 3.38. The number of nitrogens with zero attached hydrogens (tertiary/aromatic N) is 3. The summed E-state index contributed by atoms with van der Waals surface area (Å²) < 4.78 is 1.97. The van der Waals surface area contributed by atoms with Crippen LogP contribution in [0.25, 0.3) is 0 Å². The lowest BCUT2D eigenvalue weighted by Crippen LogP contribution is -2.21. The molecule has 108 valence electrons. The third-order valence-electron chi connectivity index (χ3n) is 3.46. The average Bonchev–Trinajstić information content (AvgIpc) is 2.87. The molecule has 20 heavy (non-hydrogen) atoms. The van der Waals surface area contributed by atoms with Crippen LogP contribution in [0.3, 0.4) is 0 Å². The maximum Gasteiger partial charge on any atom is 0.138 e. The summed E-state index contributed by atoms with van der Waals surface area (Å²) in [6, 6.07) is 6.38. The second-order valence-electron chi connectivity index (χ2n) is 4.95. The smallest absolute Gasteiger partial charge is 0.138 e. The van der Waals surface area contributed by atoms with E-state index >= 15 is 0 Å². The summed E-state index contributed by atoms with van der Waals surface area (Å²) >= 11 is 6.22. The summed E-state index contributed by atoms with van der Waals surface area (Å²) in [5.41, 5.74) is 2.27. The Kier molecular flexibility index (Phi) is 5.15. The van der Waals surface area contributed by atoms with Crippen molar-refractivity contribution in [1.29, 1.82) is 0 Å². The predicted octanol–water partition coefficient (Wildman–Crippen LogP) is 3.15. The molecule has 0 aliphatic rings. The predicted molar refractivity (Wildman–Crippen MR) is 82.0 cm³/mol. The molecular formula is C15H21ClN4. The van der Waals surface area contributed by atoms with Crippen molar-refractivity contribution >= 4 is 11.6 Å². The monoisotopic (exact) mass is 292 g/mol. The fourth-order valence-corrected chi connectivity index (χ4v) is 2.43. The summed E-state index contributed by atoms with van der Waals surface area (Å²) in [5, 5.41) is 8.41. The second kappa shape index (κ2) is 6.86. The minimum absolute atomic E-state index is 0.188. The molecule has 4 nitrogen and oxygen atoms in total. The molecule has 0 spiro atoms. The highest BCUT2D eigenvalue weighted by atomic mass is 35.5. The van der Waals surface area contributed by atoms with E-state index in [0.717, 1.165) is 35.8 Å². The maximum absolute atomic E-state index is 6.22. The first-order valence-electron chi connectivity index (χ1n) is 6.95. The largest absolute Gasteiger partial charge is 0.313 e. The first-order valence-corrected chi connectivity index (χ1v) is 7.33. The van der Waals surface area contributed by atoms with Crippen LogP contribution in [0, 0.1) is 6.92 Å². The van der Waals surface area contributed by atoms with Crippen LogP contribution in [0.2, 0.25) is 5.02 Å². The first-order chi connectivity index (χ1) is 9.65. The van der Waals surface area contributed by atoms with E-state index in [1.165, 1.54) is 5.56 Å². The lowest BCUT2D eigenvalue weighted by Gasteiger charge is -2.17. The number of hydrogen-bond acceptors (Lipinski definition) is 3. The van der Waals surface area contributed by atoms with Crippen LogP contribution in [-0.2, 0) is 13.0 Å². The number of halogens is 1. The topological polar surface area (TPSA) is 42.7 Å². The van der Waals surface area contributed by atoms with Crippen LogP contribution in [0.1, 0.15) is 36.3 Å². The molecule has 0 saturated heterocycles. The zero-order valence-corrected chi connectivity index (χ0v) is 13.0. The van der Waals surface area contributed by atoms with E-state index in [1.54, 1.807) is 6.33 Å². The Morgan fingerprint density at radius 2 is 2.20 bits per heavy atom. The molecule has 5 heteroatoms. The maximum atomic E-state index is 6.22. The Bertz CT molecular complexity index is 565. The van der Waals surface area contributed by atoms with Gasteiger partial charge in [-0.1, -0.05) is 30.7 Å². The molecule has 1 aromatic heterocycles. The van der Waals surface area contributed by atoms with Crippen LogP contribution in [0.5, 0.6) is 0 Å². The van der Waals surface area contributed by atoms with Crippen LogP contribution < -0.4 is 5.32 Å². The molecule has 2 aromatic rings. The first kappa shape index (κ1) is 15.0. The van der Waals surface area contributed by atoms with E-state index in [-0.39, 0.29) is 6.04 Å². The van der Waals surface area contributed by atoms with Gasteiger partial charge in [-0.3, -0.25) is 4.68 Å². The SMILES string of the molecule is CCCn1ncnc1CC(NC)c1ccc(C)c(Cl)c1. The van der Waals surface area contributed by atoms with Gasteiger partial charge in [0.25, 0.3) is 0 Å². The standard InChI is InChI=1S/C15H21ClN4/c1-4-7-20-15(18-10-19-20)9-14(17-3)12-6-5-11(2)13(16)8-12/h5-6,8,10,14,17H,4,7,9H2,1-3H3. The van der Waals surface area contributed by atoms with Crippen molar-refractivity contribution in [3.63, 3.8) is 0 Å². The number of nitrogens with one attached hydrogen (secondary N) is 1. The Morgan fingerprint density at radius 3 is 2.85 bits per heavy atom. The Labute approximate surface area is 125 Å². The molecule has 0 bridgehead atoms. The highest BCUT2D eigenvalue weighted by Crippen LogP contribution is 2.23. The third-order valence-corrected chi connectivity index (χ3v) is 3.87. The van der Waals surface area contributed by atoms with Gasteiger partial charge in [0.05, 0.1) is 0 Å². The highest BCUT2D eigenvalue weighted by molar-refractivity contribution is 6.31. The normalized spacial score (nSPS) is 12.6. The lowest BCUT2D eigenvalue weighted by molar-refractivity contribution is 0.517. The van der Waals surface area contributed by atoms with Gasteiger partial charge >= 0.3 is 0 Å². The van der Waals surface area contributed by atoms with E-state index in [2.05, 4.69) is 34.5 Å². The molecule has 0 amide bonds. The molecule has 0 aliphatic heterocycles. The van der Waals surface area contributed by atoms with Crippen molar-refractivity contribution in [3.05, 3.63) is 46.5 Å². The number of aromatic nitrogens is 3. The van der Waals surface area contributed by atoms with Gasteiger partial charge in [-0.05, 0) is 37.6 Å². The van der Waals surface area contributed by atoms with Crippen LogP contribution in [0.4, 0.5) is 0 Å². The molecule has 0 fully saturated rings. The molecule has 2 rings (SSSR count). The van der Waals surface area contributed by atoms with Gasteiger partial charge in [-0.15, -0.1) is 0 Å². The zero-order valence-electron chi connectivity index (χ0n) is 12.2. The molecule has 1 atom stereocenters. The Hall–Kier alpha value is -1.39. The number of benzene rings is 1. The van der Waals surface area contributed by atoms with Crippen molar-refractivity contribution in [3.8, 4) is 0 Å². The summed E-state index contributed by atoms with van der Waals surface area (Å²) in [7, 11) is 1.96. The van der Waals surface area contributed by atoms with Gasteiger partial charge in [0.2, 0.25) is 0 Å². The molecule has 0 aliphatic carbocycles. The zero-order chi connectivity index (χ0) is 14.5. The number of likely N-dealkylation sites (N-methyl/N-ethyl adjacent to an activating group) is 1. The summed E-state index contributed by atoms with van der Waals surface area (Å²) in [6.45, 7) is 5.06. The fourth-order valence-electron chi connectivity index (χ4n) is 2.24. The van der Waals surface area contributed by atoms with E-state index in [9.17, 15) is 0 Å².